The van der Waals surface area contributed by atoms with E-state index < -0.39 is 0 Å². The van der Waals surface area contributed by atoms with Crippen LogP contribution in [0, 0.1) is 13.8 Å². The zero-order chi connectivity index (χ0) is 15.4. The van der Waals surface area contributed by atoms with E-state index in [2.05, 4.69) is 0 Å². The van der Waals surface area contributed by atoms with Crippen LogP contribution in [0.15, 0.2) is 6.07 Å². The predicted octanol–water partition coefficient (Wildman–Crippen LogP) is 3.82. The number of carbonyl (C=O) groups is 1. The van der Waals surface area contributed by atoms with Crippen molar-refractivity contribution in [3.63, 3.8) is 0 Å². The average molecular weight is 316 g/mol. The van der Waals surface area contributed by atoms with Crippen LogP contribution >= 0.6 is 8.58 Å². The number of carbonyl (C=O) groups excluding carboxylic acids is 1. The van der Waals surface area contributed by atoms with Crippen molar-refractivity contribution < 1.29 is 14.3 Å². The Hall–Kier alpha value is -0.483. The Kier molecular flexibility index (Phi) is 7.98. The molecule has 0 amide bonds. The molecule has 1 atom stereocenters. The number of hydrogen-bond donors (Lipinski definition) is 0. The molecule has 0 heterocycles. The molecule has 5 heteroatoms. The molecule has 0 radical (unpaired) electrons. The molecule has 0 aliphatic heterocycles. The van der Waals surface area contributed by atoms with Gasteiger partial charge in [-0.15, -0.1) is 0 Å². The van der Waals surface area contributed by atoms with Gasteiger partial charge in [0, 0.05) is 0 Å². The summed E-state index contributed by atoms with van der Waals surface area (Å²) < 4.78 is 11.0. The van der Waals surface area contributed by atoms with E-state index in [9.17, 15) is 4.79 Å². The molecule has 1 aromatic carbocycles. The number of aryl methyl sites for hydroxylation is 2. The Bertz CT molecular complexity index is 497. The third-order valence-corrected chi connectivity index (χ3v) is 5.68. The normalized spacial score (nSPS) is 15.6. The summed E-state index contributed by atoms with van der Waals surface area (Å²) in [5.41, 5.74) is 3.35. The van der Waals surface area contributed by atoms with Crippen LogP contribution in [0.5, 0.6) is 11.5 Å². The number of ether oxygens (including phenoxy) is 2. The summed E-state index contributed by atoms with van der Waals surface area (Å²) >= 11 is 0. The van der Waals surface area contributed by atoms with Crippen LogP contribution in [0.1, 0.15) is 53.6 Å². The fourth-order valence-corrected chi connectivity index (χ4v) is 4.63. The van der Waals surface area contributed by atoms with Crippen molar-refractivity contribution >= 4 is 33.0 Å². The zero-order valence-electron chi connectivity index (χ0n) is 13.4. The average Bonchev–Trinajstić information content (AvgIpc) is 2.47. The Labute approximate surface area is 147 Å². The van der Waals surface area contributed by atoms with E-state index in [-0.39, 0.29) is 24.4 Å². The van der Waals surface area contributed by atoms with Crippen LogP contribution in [-0.4, -0.2) is 44.3 Å². The van der Waals surface area contributed by atoms with Crippen molar-refractivity contribution in [1.82, 2.24) is 0 Å². The van der Waals surface area contributed by atoms with Gasteiger partial charge in [0.15, 0.2) is 5.52 Å². The monoisotopic (exact) mass is 316 g/mol. The van der Waals surface area contributed by atoms with Gasteiger partial charge in [0.05, 0.1) is 14.2 Å². The molecular formula is C17H26LiO3P. The van der Waals surface area contributed by atoms with Crippen molar-refractivity contribution in [2.24, 2.45) is 0 Å². The van der Waals surface area contributed by atoms with Crippen molar-refractivity contribution in [3.8, 4) is 11.5 Å². The van der Waals surface area contributed by atoms with Crippen LogP contribution < -0.4 is 9.47 Å². The van der Waals surface area contributed by atoms with Gasteiger partial charge < -0.3 is 9.47 Å². The molecule has 0 bridgehead atoms. The maximum absolute atomic E-state index is 12.8. The minimum atomic E-state index is 0. The SMILES string of the molecule is COc1c(C)cc(C)c(OC)c1C(=O)PC1CCCCC1.[LiH]. The number of hydrogen-bond acceptors (Lipinski definition) is 3. The number of methoxy groups -OCH3 is 2. The molecule has 0 N–H and O–H groups in total. The maximum atomic E-state index is 12.8. The molecule has 22 heavy (non-hydrogen) atoms. The van der Waals surface area contributed by atoms with E-state index >= 15 is 0 Å². The summed E-state index contributed by atoms with van der Waals surface area (Å²) in [4.78, 5) is 12.8. The predicted molar refractivity (Wildman–Crippen MR) is 95.7 cm³/mol. The quantitative estimate of drug-likeness (QED) is 0.612. The van der Waals surface area contributed by atoms with Gasteiger partial charge in [0.1, 0.15) is 17.1 Å². The molecule has 1 unspecified atom stereocenters. The second kappa shape index (κ2) is 8.97. The van der Waals surface area contributed by atoms with Crippen LogP contribution in [0.3, 0.4) is 0 Å². The summed E-state index contributed by atoms with van der Waals surface area (Å²) in [5, 5.41) is 0. The van der Waals surface area contributed by atoms with Gasteiger partial charge in [-0.3, -0.25) is 4.79 Å². The van der Waals surface area contributed by atoms with E-state index in [1.807, 2.05) is 19.9 Å². The third kappa shape index (κ3) is 4.29. The van der Waals surface area contributed by atoms with Gasteiger partial charge in [-0.05, 0) is 58.1 Å². The van der Waals surface area contributed by atoms with E-state index in [1.54, 1.807) is 14.2 Å². The fraction of sp³-hybridized carbons (Fsp3) is 0.588. The molecule has 2 rings (SSSR count). The first-order valence-corrected chi connectivity index (χ1v) is 8.69. The second-order valence-corrected chi connectivity index (χ2v) is 7.32. The van der Waals surface area contributed by atoms with Crippen molar-refractivity contribution in [3.05, 3.63) is 22.8 Å². The van der Waals surface area contributed by atoms with Crippen molar-refractivity contribution in [2.45, 2.75) is 51.6 Å². The fourth-order valence-electron chi connectivity index (χ4n) is 3.19. The van der Waals surface area contributed by atoms with E-state index in [4.69, 9.17) is 9.47 Å². The molecule has 118 valence electrons. The Balaban J connectivity index is 0.00000242. The molecule has 0 spiro atoms. The molecule has 1 aliphatic carbocycles. The van der Waals surface area contributed by atoms with Crippen molar-refractivity contribution in [2.75, 3.05) is 14.2 Å². The Morgan fingerprint density at radius 3 is 2.00 bits per heavy atom. The van der Waals surface area contributed by atoms with Gasteiger partial charge in [-0.2, -0.15) is 0 Å². The zero-order valence-corrected chi connectivity index (χ0v) is 14.4. The van der Waals surface area contributed by atoms with Crippen LogP contribution in [0.2, 0.25) is 0 Å². The van der Waals surface area contributed by atoms with Crippen LogP contribution in [0.4, 0.5) is 0 Å². The van der Waals surface area contributed by atoms with Gasteiger partial charge in [-0.1, -0.05) is 19.3 Å². The molecule has 1 saturated carbocycles. The summed E-state index contributed by atoms with van der Waals surface area (Å²) in [6, 6.07) is 2.01. The first-order chi connectivity index (χ1) is 10.1. The van der Waals surface area contributed by atoms with Crippen LogP contribution in [0.25, 0.3) is 0 Å². The number of rotatable bonds is 5. The van der Waals surface area contributed by atoms with E-state index in [0.717, 1.165) is 11.1 Å². The van der Waals surface area contributed by atoms with Crippen molar-refractivity contribution in [1.29, 1.82) is 0 Å². The van der Waals surface area contributed by atoms with Gasteiger partial charge >= 0.3 is 18.9 Å². The molecule has 1 aliphatic rings. The minimum absolute atomic E-state index is 0. The topological polar surface area (TPSA) is 35.5 Å². The molecular weight excluding hydrogens is 290 g/mol. The third-order valence-electron chi connectivity index (χ3n) is 4.18. The van der Waals surface area contributed by atoms with Gasteiger partial charge in [0.25, 0.3) is 0 Å². The Morgan fingerprint density at radius 1 is 1.05 bits per heavy atom. The molecule has 0 aromatic heterocycles. The molecule has 1 aromatic rings. The summed E-state index contributed by atoms with van der Waals surface area (Å²) in [7, 11) is 3.57. The number of benzene rings is 1. The molecule has 0 saturated heterocycles. The van der Waals surface area contributed by atoms with Crippen LogP contribution in [-0.2, 0) is 0 Å². The molecule has 1 fully saturated rings. The summed E-state index contributed by atoms with van der Waals surface area (Å²) in [6.07, 6.45) is 6.18. The molecule has 3 nitrogen and oxygen atoms in total. The first kappa shape index (κ1) is 19.6. The summed E-state index contributed by atoms with van der Waals surface area (Å²) in [6.45, 7) is 3.96. The second-order valence-electron chi connectivity index (χ2n) is 5.76. The summed E-state index contributed by atoms with van der Waals surface area (Å²) in [5.74, 6) is 1.34. The van der Waals surface area contributed by atoms with E-state index in [1.165, 1.54) is 32.1 Å². The first-order valence-electron chi connectivity index (χ1n) is 7.61. The Morgan fingerprint density at radius 2 is 1.55 bits per heavy atom. The van der Waals surface area contributed by atoms with Gasteiger partial charge in [0.2, 0.25) is 0 Å². The van der Waals surface area contributed by atoms with Gasteiger partial charge in [-0.25, -0.2) is 0 Å². The van der Waals surface area contributed by atoms with E-state index in [0.29, 0.717) is 31.3 Å². The standard InChI is InChI=1S/C17H25O3P.Li.H/c1-11-10-12(2)16(20-4)14(15(11)19-3)17(18)21-13-8-6-5-7-9-13;;/h10,13,21H,5-9H2,1-4H3;;.